The lowest BCUT2D eigenvalue weighted by Gasteiger charge is -2.87. The minimum Gasteiger partial charge on any atom is -0.457 e. The van der Waals surface area contributed by atoms with Crippen LogP contribution in [0.3, 0.4) is 0 Å². The maximum Gasteiger partial charge on any atom is 0.315 e. The fraction of sp³-hybridized carbons (Fsp3) is 0.412. The summed E-state index contributed by atoms with van der Waals surface area (Å²) in [4.78, 5) is 29.4. The van der Waals surface area contributed by atoms with Crippen molar-refractivity contribution in [1.82, 2.24) is 0 Å². The van der Waals surface area contributed by atoms with Gasteiger partial charge in [-0.15, -0.1) is 0 Å². The Hall–Kier alpha value is -3.48. The minimum atomic E-state index is -1.12. The summed E-state index contributed by atoms with van der Waals surface area (Å²) in [5.41, 5.74) is 1.23. The van der Waals surface area contributed by atoms with Gasteiger partial charge in [0, 0.05) is 30.3 Å². The number of esters is 2. The standard InChI is InChI=1S/C34H32O6/c1-19(21-12-6-4-7-13-21)38-30(35)33-25-23-16-10-11-17-24(23)26-29-32(18-37-3,28(33)27(25)40-29)34(26,33)31(36)39-20(2)22-14-8-5-9-15-22/h4-17,19-20,25-29H,18H2,1-3H3/t19-,20-,25+,26-,27-,28+,29+,32+,33+,34+/m0/s1. The first-order valence-corrected chi connectivity index (χ1v) is 14.2. The molecule has 4 fully saturated rings. The zero-order chi connectivity index (χ0) is 27.4. The van der Waals surface area contributed by atoms with Crippen molar-refractivity contribution in [3.8, 4) is 0 Å². The van der Waals surface area contributed by atoms with Gasteiger partial charge in [0.2, 0.25) is 0 Å². The second kappa shape index (κ2) is 8.05. The second-order valence-electron chi connectivity index (χ2n) is 12.2. The first kappa shape index (κ1) is 24.3. The van der Waals surface area contributed by atoms with Crippen molar-refractivity contribution >= 4 is 11.9 Å². The van der Waals surface area contributed by atoms with E-state index in [2.05, 4.69) is 12.1 Å². The highest BCUT2D eigenvalue weighted by atomic mass is 16.6. The van der Waals surface area contributed by atoms with Gasteiger partial charge < -0.3 is 18.9 Å². The van der Waals surface area contributed by atoms with Crippen molar-refractivity contribution in [2.24, 2.45) is 22.2 Å². The molecule has 1 aliphatic heterocycles. The fourth-order valence-electron chi connectivity index (χ4n) is 9.85. The Kier molecular flexibility index (Phi) is 4.89. The molecule has 6 nitrogen and oxygen atoms in total. The number of fused-ring (bicyclic) bond motifs is 5. The fourth-order valence-corrected chi connectivity index (χ4v) is 9.85. The summed E-state index contributed by atoms with van der Waals surface area (Å²) in [6, 6.07) is 27.7. The van der Waals surface area contributed by atoms with E-state index in [0.717, 1.165) is 22.3 Å². The average Bonchev–Trinajstić information content (AvgIpc) is 3.15. The Morgan fingerprint density at radius 1 is 0.775 bits per heavy atom. The maximum atomic E-state index is 14.8. The lowest BCUT2D eigenvalue weighted by molar-refractivity contribution is -0.386. The van der Waals surface area contributed by atoms with Crippen LogP contribution in [-0.4, -0.2) is 37.9 Å². The van der Waals surface area contributed by atoms with Crippen LogP contribution in [0.2, 0.25) is 0 Å². The van der Waals surface area contributed by atoms with Gasteiger partial charge in [0.1, 0.15) is 23.0 Å². The third-order valence-corrected chi connectivity index (χ3v) is 11.0. The van der Waals surface area contributed by atoms with E-state index in [0.29, 0.717) is 6.61 Å². The van der Waals surface area contributed by atoms with Crippen LogP contribution in [0.15, 0.2) is 84.9 Å². The predicted octanol–water partition coefficient (Wildman–Crippen LogP) is 5.51. The highest BCUT2D eigenvalue weighted by Gasteiger charge is 3.08. The Balaban J connectivity index is 1.27. The van der Waals surface area contributed by atoms with Crippen LogP contribution in [0.5, 0.6) is 0 Å². The van der Waals surface area contributed by atoms with Gasteiger partial charge in [0.15, 0.2) is 0 Å². The number of rotatable bonds is 8. The van der Waals surface area contributed by atoms with Gasteiger partial charge in [0.25, 0.3) is 0 Å². The molecule has 3 saturated carbocycles. The highest BCUT2D eigenvalue weighted by molar-refractivity contribution is 6.00. The number of ether oxygens (including phenoxy) is 4. The molecule has 0 amide bonds. The van der Waals surface area contributed by atoms with E-state index in [9.17, 15) is 9.59 Å². The molecule has 3 aromatic rings. The van der Waals surface area contributed by atoms with Gasteiger partial charge in [-0.05, 0) is 36.1 Å². The molecule has 204 valence electrons. The molecule has 0 N–H and O–H groups in total. The van der Waals surface area contributed by atoms with Crippen molar-refractivity contribution in [3.63, 3.8) is 0 Å². The number of hydrogen-bond donors (Lipinski definition) is 0. The topological polar surface area (TPSA) is 71.1 Å². The molecule has 10 atom stereocenters. The Bertz CT molecular complexity index is 1520. The molecule has 4 aliphatic carbocycles. The van der Waals surface area contributed by atoms with Crippen LogP contribution < -0.4 is 0 Å². The number of hydrogen-bond acceptors (Lipinski definition) is 6. The Morgan fingerprint density at radius 3 is 1.88 bits per heavy atom. The maximum absolute atomic E-state index is 14.8. The molecule has 40 heavy (non-hydrogen) atoms. The third-order valence-electron chi connectivity index (χ3n) is 11.0. The first-order valence-electron chi connectivity index (χ1n) is 14.2. The molecule has 6 heteroatoms. The molecular weight excluding hydrogens is 504 g/mol. The van der Waals surface area contributed by atoms with E-state index in [1.165, 1.54) is 0 Å². The van der Waals surface area contributed by atoms with Crippen LogP contribution in [0.1, 0.15) is 60.1 Å². The smallest absolute Gasteiger partial charge is 0.315 e. The minimum absolute atomic E-state index is 0.152. The Labute approximate surface area is 233 Å². The largest absolute Gasteiger partial charge is 0.457 e. The summed E-state index contributed by atoms with van der Waals surface area (Å²) in [7, 11) is 1.66. The number of benzene rings is 3. The summed E-state index contributed by atoms with van der Waals surface area (Å²) < 4.78 is 25.2. The zero-order valence-corrected chi connectivity index (χ0v) is 22.8. The van der Waals surface area contributed by atoms with Gasteiger partial charge in [-0.2, -0.15) is 0 Å². The van der Waals surface area contributed by atoms with Crippen molar-refractivity contribution in [2.75, 3.05) is 13.7 Å². The van der Waals surface area contributed by atoms with E-state index in [1.54, 1.807) is 7.11 Å². The van der Waals surface area contributed by atoms with Crippen LogP contribution >= 0.6 is 0 Å². The highest BCUT2D eigenvalue weighted by Crippen LogP contribution is 3.00. The van der Waals surface area contributed by atoms with Crippen LogP contribution in [0.25, 0.3) is 0 Å². The van der Waals surface area contributed by atoms with Gasteiger partial charge in [-0.3, -0.25) is 9.59 Å². The van der Waals surface area contributed by atoms with Crippen molar-refractivity contribution in [1.29, 1.82) is 0 Å². The lowest BCUT2D eigenvalue weighted by atomic mass is 9.10. The SMILES string of the molecule is COC[C@@]12[C@@H]3O[C@H]4[C@H]5c6ccccc6[C@@H]3[C@]1(C(=O)O[C@@H](C)c1ccccc1)[C@@]5(C(=O)O[C@@H](C)c1ccccc1)[C@H]42. The molecule has 3 aromatic carbocycles. The summed E-state index contributed by atoms with van der Waals surface area (Å²) >= 11 is 0. The van der Waals surface area contributed by atoms with Crippen LogP contribution in [-0.2, 0) is 28.5 Å². The Morgan fingerprint density at radius 2 is 1.30 bits per heavy atom. The molecule has 0 bridgehead atoms. The normalized spacial score (nSPS) is 38.0. The third kappa shape index (κ3) is 2.39. The quantitative estimate of drug-likeness (QED) is 0.354. The number of methoxy groups -OCH3 is 1. The number of carbonyl (C=O) groups is 2. The monoisotopic (exact) mass is 536 g/mol. The molecule has 0 aromatic heterocycles. The summed E-state index contributed by atoms with van der Waals surface area (Å²) in [5, 5.41) is 0. The van der Waals surface area contributed by atoms with Gasteiger partial charge in [0.05, 0.1) is 18.8 Å². The van der Waals surface area contributed by atoms with Crippen LogP contribution in [0.4, 0.5) is 0 Å². The number of carbonyl (C=O) groups excluding carboxylic acids is 2. The molecule has 0 unspecified atom stereocenters. The van der Waals surface area contributed by atoms with E-state index in [4.69, 9.17) is 18.9 Å². The first-order chi connectivity index (χ1) is 19.5. The predicted molar refractivity (Wildman–Crippen MR) is 145 cm³/mol. The molecule has 1 saturated heterocycles. The molecule has 8 rings (SSSR count). The van der Waals surface area contributed by atoms with E-state index in [1.807, 2.05) is 86.6 Å². The van der Waals surface area contributed by atoms with E-state index < -0.39 is 28.5 Å². The van der Waals surface area contributed by atoms with Gasteiger partial charge in [-0.1, -0.05) is 84.9 Å². The molecule has 1 heterocycles. The van der Waals surface area contributed by atoms with E-state index >= 15 is 0 Å². The van der Waals surface area contributed by atoms with Gasteiger partial charge in [-0.25, -0.2) is 0 Å². The lowest BCUT2D eigenvalue weighted by Crippen LogP contribution is -2.96. The van der Waals surface area contributed by atoms with Crippen molar-refractivity contribution < 1.29 is 28.5 Å². The molecule has 0 spiro atoms. The summed E-state index contributed by atoms with van der Waals surface area (Å²) in [6.07, 6.45) is -1.28. The molecular formula is C34H32O6. The molecule has 0 radical (unpaired) electrons. The van der Waals surface area contributed by atoms with Crippen molar-refractivity contribution in [3.05, 3.63) is 107 Å². The summed E-state index contributed by atoms with van der Waals surface area (Å²) in [5.74, 6) is -1.39. The van der Waals surface area contributed by atoms with Gasteiger partial charge >= 0.3 is 11.9 Å². The average molecular weight is 537 g/mol. The van der Waals surface area contributed by atoms with E-state index in [-0.39, 0.29) is 41.9 Å². The molecule has 5 aliphatic rings. The summed E-state index contributed by atoms with van der Waals surface area (Å²) in [6.45, 7) is 4.12. The van der Waals surface area contributed by atoms with Crippen LogP contribution in [0, 0.1) is 22.2 Å². The van der Waals surface area contributed by atoms with Crippen molar-refractivity contribution in [2.45, 2.75) is 50.1 Å². The zero-order valence-electron chi connectivity index (χ0n) is 22.8. The second-order valence-corrected chi connectivity index (χ2v) is 12.2.